The number of nitrogens with zero attached hydrogens (tertiary/aromatic N) is 1. The average Bonchev–Trinajstić information content (AvgIpc) is 3.41. The molecule has 2 heterocycles. The van der Waals surface area contributed by atoms with Crippen LogP contribution in [0.5, 0.6) is 11.5 Å². The van der Waals surface area contributed by atoms with E-state index in [2.05, 4.69) is 4.99 Å². The molecule has 0 unspecified atom stereocenters. The smallest absolute Gasteiger partial charge is 0.363 e. The Hall–Kier alpha value is -4.13. The third-order valence-corrected chi connectivity index (χ3v) is 4.14. The van der Waals surface area contributed by atoms with Gasteiger partial charge in [0.2, 0.25) is 0 Å². The van der Waals surface area contributed by atoms with Gasteiger partial charge < -0.3 is 18.6 Å². The van der Waals surface area contributed by atoms with E-state index in [1.807, 2.05) is 13.0 Å². The highest BCUT2D eigenvalue weighted by molar-refractivity contribution is 6.11. The zero-order valence-electron chi connectivity index (χ0n) is 16.0. The largest absolute Gasteiger partial charge is 0.490 e. The molecular weight excluding hydrogens is 386 g/mol. The van der Waals surface area contributed by atoms with Crippen molar-refractivity contribution in [2.24, 2.45) is 4.99 Å². The summed E-state index contributed by atoms with van der Waals surface area (Å²) in [5.74, 6) is 0.0487. The van der Waals surface area contributed by atoms with Gasteiger partial charge in [-0.3, -0.25) is 0 Å². The molecule has 0 bridgehead atoms. The van der Waals surface area contributed by atoms with Crippen LogP contribution in [0, 0.1) is 0 Å². The molecule has 0 spiro atoms. The number of hydrogen-bond acceptors (Lipinski definition) is 7. The van der Waals surface area contributed by atoms with Crippen molar-refractivity contribution in [2.75, 3.05) is 6.61 Å². The molecule has 3 aromatic rings. The third kappa shape index (κ3) is 4.15. The van der Waals surface area contributed by atoms with E-state index in [1.54, 1.807) is 60.7 Å². The lowest BCUT2D eigenvalue weighted by atomic mass is 10.1. The van der Waals surface area contributed by atoms with E-state index in [-0.39, 0.29) is 17.3 Å². The van der Waals surface area contributed by atoms with Crippen LogP contribution in [-0.2, 0) is 9.53 Å². The van der Waals surface area contributed by atoms with Crippen molar-refractivity contribution in [1.82, 2.24) is 0 Å². The Balaban J connectivity index is 1.59. The van der Waals surface area contributed by atoms with Gasteiger partial charge in [0.1, 0.15) is 0 Å². The van der Waals surface area contributed by atoms with E-state index in [4.69, 9.17) is 18.6 Å². The highest BCUT2D eigenvalue weighted by atomic mass is 16.6. The highest BCUT2D eigenvalue weighted by Gasteiger charge is 2.26. The Morgan fingerprint density at radius 1 is 1.07 bits per heavy atom. The Bertz CT molecular complexity index is 1130. The van der Waals surface area contributed by atoms with Crippen molar-refractivity contribution in [3.63, 3.8) is 0 Å². The van der Waals surface area contributed by atoms with Gasteiger partial charge in [-0.05, 0) is 55.0 Å². The molecule has 1 aliphatic heterocycles. The summed E-state index contributed by atoms with van der Waals surface area (Å²) in [5.41, 5.74) is 1.19. The zero-order chi connectivity index (χ0) is 20.9. The second-order valence-corrected chi connectivity index (χ2v) is 6.21. The van der Waals surface area contributed by atoms with Gasteiger partial charge in [0, 0.05) is 0 Å². The molecule has 30 heavy (non-hydrogen) atoms. The van der Waals surface area contributed by atoms with Gasteiger partial charge in [0.05, 0.1) is 18.4 Å². The number of hydrogen-bond donors (Lipinski definition) is 0. The van der Waals surface area contributed by atoms with Crippen molar-refractivity contribution in [1.29, 1.82) is 0 Å². The second-order valence-electron chi connectivity index (χ2n) is 6.21. The first-order chi connectivity index (χ1) is 14.6. The molecule has 0 amide bonds. The Morgan fingerprint density at radius 3 is 2.63 bits per heavy atom. The van der Waals surface area contributed by atoms with Crippen LogP contribution in [0.4, 0.5) is 0 Å². The number of aliphatic imine (C=N–C) groups is 1. The fourth-order valence-corrected chi connectivity index (χ4v) is 2.77. The van der Waals surface area contributed by atoms with Crippen LogP contribution in [0.15, 0.2) is 82.0 Å². The molecule has 2 aromatic carbocycles. The monoisotopic (exact) mass is 403 g/mol. The van der Waals surface area contributed by atoms with Crippen LogP contribution in [0.3, 0.4) is 0 Å². The molecule has 1 aliphatic rings. The van der Waals surface area contributed by atoms with E-state index < -0.39 is 11.9 Å². The molecule has 0 atom stereocenters. The lowest BCUT2D eigenvalue weighted by Crippen LogP contribution is -2.09. The fourth-order valence-electron chi connectivity index (χ4n) is 2.77. The quantitative estimate of drug-likeness (QED) is 0.348. The minimum Gasteiger partial charge on any atom is -0.490 e. The molecule has 4 rings (SSSR count). The molecule has 7 nitrogen and oxygen atoms in total. The molecule has 0 aliphatic carbocycles. The first-order valence-corrected chi connectivity index (χ1v) is 9.24. The lowest BCUT2D eigenvalue weighted by molar-refractivity contribution is -0.130. The standard InChI is InChI=1S/C23H17NO6/c1-2-27-20-14-15(10-11-18(20)29-22(25)16-7-4-3-5-8-16)13-17-23(26)30-21(24-17)19-9-6-12-28-19/h3-14H,2H2,1H3/b17-13+. The summed E-state index contributed by atoms with van der Waals surface area (Å²) >= 11 is 0. The molecule has 0 radical (unpaired) electrons. The van der Waals surface area contributed by atoms with Gasteiger partial charge >= 0.3 is 11.9 Å². The van der Waals surface area contributed by atoms with Crippen molar-refractivity contribution in [3.05, 3.63) is 89.5 Å². The van der Waals surface area contributed by atoms with Crippen molar-refractivity contribution < 1.29 is 28.2 Å². The summed E-state index contributed by atoms with van der Waals surface area (Å²) in [6.45, 7) is 2.20. The second kappa shape index (κ2) is 8.48. The Labute approximate surface area is 172 Å². The molecule has 0 N–H and O–H groups in total. The number of esters is 2. The fraction of sp³-hybridized carbons (Fsp3) is 0.0870. The molecule has 150 valence electrons. The number of rotatable bonds is 6. The number of furan rings is 1. The predicted octanol–water partition coefficient (Wildman–Crippen LogP) is 4.24. The first-order valence-electron chi connectivity index (χ1n) is 9.24. The van der Waals surface area contributed by atoms with Crippen LogP contribution in [0.2, 0.25) is 0 Å². The van der Waals surface area contributed by atoms with Gasteiger partial charge in [-0.15, -0.1) is 0 Å². The number of benzene rings is 2. The summed E-state index contributed by atoms with van der Waals surface area (Å²) in [5, 5.41) is 0. The molecule has 0 fully saturated rings. The van der Waals surface area contributed by atoms with E-state index >= 15 is 0 Å². The number of carbonyl (C=O) groups is 2. The summed E-state index contributed by atoms with van der Waals surface area (Å²) < 4.78 is 21.4. The van der Waals surface area contributed by atoms with E-state index in [1.165, 1.54) is 6.26 Å². The Morgan fingerprint density at radius 2 is 1.90 bits per heavy atom. The van der Waals surface area contributed by atoms with E-state index in [0.717, 1.165) is 0 Å². The van der Waals surface area contributed by atoms with E-state index in [0.29, 0.717) is 29.2 Å². The van der Waals surface area contributed by atoms with Gasteiger partial charge in [-0.2, -0.15) is 0 Å². The van der Waals surface area contributed by atoms with Crippen molar-refractivity contribution in [2.45, 2.75) is 6.92 Å². The van der Waals surface area contributed by atoms with Gasteiger partial charge in [0.15, 0.2) is 23.0 Å². The van der Waals surface area contributed by atoms with Crippen LogP contribution in [-0.4, -0.2) is 24.4 Å². The number of cyclic esters (lactones) is 1. The molecule has 0 saturated heterocycles. The van der Waals surface area contributed by atoms with Gasteiger partial charge in [0.25, 0.3) is 5.90 Å². The van der Waals surface area contributed by atoms with E-state index in [9.17, 15) is 9.59 Å². The SMILES string of the molecule is CCOc1cc(/C=C2/N=C(c3ccco3)OC2=O)ccc1OC(=O)c1ccccc1. The summed E-state index contributed by atoms with van der Waals surface area (Å²) in [7, 11) is 0. The maximum absolute atomic E-state index is 12.3. The Kier molecular flexibility index (Phi) is 5.43. The molecular formula is C23H17NO6. The molecule has 0 saturated carbocycles. The van der Waals surface area contributed by atoms with Crippen molar-refractivity contribution in [3.8, 4) is 11.5 Å². The predicted molar refractivity (Wildman–Crippen MR) is 108 cm³/mol. The minimum atomic E-state index is -0.584. The zero-order valence-corrected chi connectivity index (χ0v) is 16.0. The first kappa shape index (κ1) is 19.2. The third-order valence-electron chi connectivity index (χ3n) is 4.14. The van der Waals surface area contributed by atoms with Crippen LogP contribution in [0.1, 0.15) is 28.6 Å². The van der Waals surface area contributed by atoms with Crippen LogP contribution >= 0.6 is 0 Å². The molecule has 7 heteroatoms. The maximum Gasteiger partial charge on any atom is 0.363 e. The van der Waals surface area contributed by atoms with Crippen molar-refractivity contribution >= 4 is 23.9 Å². The summed E-state index contributed by atoms with van der Waals surface area (Å²) in [6.07, 6.45) is 3.03. The van der Waals surface area contributed by atoms with Crippen LogP contribution in [0.25, 0.3) is 6.08 Å². The summed E-state index contributed by atoms with van der Waals surface area (Å²) in [4.78, 5) is 28.6. The summed E-state index contributed by atoms with van der Waals surface area (Å²) in [6, 6.07) is 17.0. The van der Waals surface area contributed by atoms with Gasteiger partial charge in [-0.25, -0.2) is 14.6 Å². The highest BCUT2D eigenvalue weighted by Crippen LogP contribution is 2.31. The normalized spacial score (nSPS) is 14.4. The number of ether oxygens (including phenoxy) is 3. The number of carbonyl (C=O) groups excluding carboxylic acids is 2. The van der Waals surface area contributed by atoms with Gasteiger partial charge in [-0.1, -0.05) is 24.3 Å². The topological polar surface area (TPSA) is 87.3 Å². The molecule has 1 aromatic heterocycles. The maximum atomic E-state index is 12.3. The lowest BCUT2D eigenvalue weighted by Gasteiger charge is -2.11. The average molecular weight is 403 g/mol. The van der Waals surface area contributed by atoms with Crippen LogP contribution < -0.4 is 9.47 Å². The minimum absolute atomic E-state index is 0.106.